The lowest BCUT2D eigenvalue weighted by molar-refractivity contribution is -0.137. The molecule has 162 valence electrons. The lowest BCUT2D eigenvalue weighted by Crippen LogP contribution is -2.25. The first-order chi connectivity index (χ1) is 14.2. The van der Waals surface area contributed by atoms with Gasteiger partial charge in [-0.25, -0.2) is 9.97 Å². The van der Waals surface area contributed by atoms with Crippen molar-refractivity contribution in [3.05, 3.63) is 29.6 Å². The van der Waals surface area contributed by atoms with Gasteiger partial charge in [-0.2, -0.15) is 17.9 Å². The Morgan fingerprint density at radius 3 is 2.43 bits per heavy atom. The Hall–Kier alpha value is -2.91. The fraction of sp³-hybridized carbons (Fsp3) is 0.500. The van der Waals surface area contributed by atoms with Gasteiger partial charge in [-0.05, 0) is 38.5 Å². The highest BCUT2D eigenvalue weighted by Gasteiger charge is 2.35. The molecular weight excluding hydrogens is 395 g/mol. The molecule has 2 aromatic heterocycles. The number of fused-ring (bicyclic) bond motifs is 1. The van der Waals surface area contributed by atoms with Gasteiger partial charge >= 0.3 is 6.18 Å². The van der Waals surface area contributed by atoms with Crippen LogP contribution in [-0.4, -0.2) is 52.1 Å². The smallest absolute Gasteiger partial charge is 0.378 e. The van der Waals surface area contributed by atoms with Crippen LogP contribution in [0.4, 0.5) is 24.7 Å². The minimum atomic E-state index is -4.55. The number of halogens is 3. The molecule has 1 aromatic carbocycles. The Morgan fingerprint density at radius 2 is 1.83 bits per heavy atom. The molecule has 0 N–H and O–H groups in total. The van der Waals surface area contributed by atoms with Crippen LogP contribution in [-0.2, 0) is 6.18 Å². The predicted octanol–water partition coefficient (Wildman–Crippen LogP) is 4.23. The zero-order valence-electron chi connectivity index (χ0n) is 17.8. The van der Waals surface area contributed by atoms with E-state index in [1.54, 1.807) is 32.0 Å². The predicted molar refractivity (Wildman–Crippen MR) is 111 cm³/mol. The lowest BCUT2D eigenvalue weighted by Gasteiger charge is -2.22. The first-order valence-corrected chi connectivity index (χ1v) is 9.91. The highest BCUT2D eigenvalue weighted by Crippen LogP contribution is 2.37. The monoisotopic (exact) mass is 421 g/mol. The van der Waals surface area contributed by atoms with Crippen molar-refractivity contribution in [3.63, 3.8) is 0 Å². The fourth-order valence-electron chi connectivity index (χ4n) is 3.27. The second kappa shape index (κ2) is 8.45. The highest BCUT2D eigenvalue weighted by atomic mass is 19.4. The molecule has 0 bridgehead atoms. The van der Waals surface area contributed by atoms with E-state index in [4.69, 9.17) is 0 Å². The summed E-state index contributed by atoms with van der Waals surface area (Å²) in [4.78, 5) is 12.6. The summed E-state index contributed by atoms with van der Waals surface area (Å²) in [6, 6.07) is 4.13. The molecule has 0 aliphatic carbocycles. The Balaban J connectivity index is 2.22. The van der Waals surface area contributed by atoms with Crippen LogP contribution in [0.25, 0.3) is 16.9 Å². The van der Waals surface area contributed by atoms with Crippen LogP contribution >= 0.6 is 0 Å². The van der Waals surface area contributed by atoms with Crippen molar-refractivity contribution in [2.75, 3.05) is 37.0 Å². The van der Waals surface area contributed by atoms with Gasteiger partial charge in [0, 0.05) is 32.9 Å². The Morgan fingerprint density at radius 1 is 1.10 bits per heavy atom. The van der Waals surface area contributed by atoms with Gasteiger partial charge in [0.25, 0.3) is 0 Å². The van der Waals surface area contributed by atoms with Crippen molar-refractivity contribution in [3.8, 4) is 5.69 Å². The summed E-state index contributed by atoms with van der Waals surface area (Å²) in [6.07, 6.45) is -2.57. The van der Waals surface area contributed by atoms with Gasteiger partial charge in [0.05, 0.1) is 11.3 Å². The van der Waals surface area contributed by atoms with E-state index in [1.807, 2.05) is 6.92 Å². The number of aromatic nitrogens is 5. The van der Waals surface area contributed by atoms with E-state index in [9.17, 15) is 13.2 Å². The molecule has 0 saturated heterocycles. The van der Waals surface area contributed by atoms with Crippen molar-refractivity contribution in [1.82, 2.24) is 25.0 Å². The maximum Gasteiger partial charge on any atom is 0.418 e. The second-order valence-electron chi connectivity index (χ2n) is 7.29. The van der Waals surface area contributed by atoms with Crippen LogP contribution in [0, 0.1) is 6.92 Å². The van der Waals surface area contributed by atoms with Crippen LogP contribution in [0.15, 0.2) is 18.2 Å². The third-order valence-corrected chi connectivity index (χ3v) is 4.89. The Kier molecular flexibility index (Phi) is 6.14. The largest absolute Gasteiger partial charge is 0.418 e. The summed E-state index contributed by atoms with van der Waals surface area (Å²) in [5.41, 5.74) is 0.186. The van der Waals surface area contributed by atoms with Gasteiger partial charge in [0.2, 0.25) is 0 Å². The molecule has 0 fully saturated rings. The summed E-state index contributed by atoms with van der Waals surface area (Å²) >= 11 is 0. The average molecular weight is 421 g/mol. The van der Waals surface area contributed by atoms with Gasteiger partial charge in [-0.15, -0.1) is 5.10 Å². The van der Waals surface area contributed by atoms with Crippen LogP contribution in [0.2, 0.25) is 0 Å². The van der Waals surface area contributed by atoms with Crippen LogP contribution in [0.3, 0.4) is 0 Å². The minimum absolute atomic E-state index is 0.115. The van der Waals surface area contributed by atoms with E-state index in [0.717, 1.165) is 30.1 Å². The number of nitrogens with zero attached hydrogens (tertiary/aromatic N) is 7. The maximum absolute atomic E-state index is 13.8. The summed E-state index contributed by atoms with van der Waals surface area (Å²) in [7, 11) is 3.39. The number of anilines is 2. The molecule has 0 aliphatic heterocycles. The molecule has 0 amide bonds. The Labute approximate surface area is 173 Å². The quantitative estimate of drug-likeness (QED) is 0.569. The number of benzene rings is 1. The van der Waals surface area contributed by atoms with Crippen molar-refractivity contribution in [1.29, 1.82) is 0 Å². The summed E-state index contributed by atoms with van der Waals surface area (Å²) in [5.74, 6) is 1.05. The SMILES string of the molecule is CCCCN(CC)c1nc(C)nc2c1nnn2-c1ccc(N(C)C)cc1C(F)(F)F. The molecule has 2 heterocycles. The molecule has 0 spiro atoms. The fourth-order valence-corrected chi connectivity index (χ4v) is 3.27. The molecule has 0 aliphatic rings. The second-order valence-corrected chi connectivity index (χ2v) is 7.29. The number of alkyl halides is 3. The van der Waals surface area contributed by atoms with E-state index in [-0.39, 0.29) is 11.3 Å². The molecule has 3 rings (SSSR count). The summed E-state index contributed by atoms with van der Waals surface area (Å²) < 4.78 is 42.7. The molecule has 0 radical (unpaired) electrons. The molecule has 7 nitrogen and oxygen atoms in total. The maximum atomic E-state index is 13.8. The first-order valence-electron chi connectivity index (χ1n) is 9.91. The molecule has 0 atom stereocenters. The van der Waals surface area contributed by atoms with Crippen molar-refractivity contribution in [2.45, 2.75) is 39.8 Å². The normalized spacial score (nSPS) is 11.9. The van der Waals surface area contributed by atoms with E-state index < -0.39 is 11.7 Å². The van der Waals surface area contributed by atoms with Gasteiger partial charge in [0.15, 0.2) is 17.0 Å². The third-order valence-electron chi connectivity index (χ3n) is 4.89. The van der Waals surface area contributed by atoms with E-state index >= 15 is 0 Å². The van der Waals surface area contributed by atoms with E-state index in [0.29, 0.717) is 29.4 Å². The van der Waals surface area contributed by atoms with Gasteiger partial charge in [0.1, 0.15) is 5.82 Å². The average Bonchev–Trinajstić information content (AvgIpc) is 3.10. The summed E-state index contributed by atoms with van der Waals surface area (Å²) in [5, 5.41) is 8.20. The molecule has 0 unspecified atom stereocenters. The van der Waals surface area contributed by atoms with Crippen LogP contribution in [0.1, 0.15) is 38.1 Å². The van der Waals surface area contributed by atoms with Crippen LogP contribution in [0.5, 0.6) is 0 Å². The number of hydrogen-bond donors (Lipinski definition) is 0. The number of hydrogen-bond acceptors (Lipinski definition) is 6. The van der Waals surface area contributed by atoms with Gasteiger partial charge < -0.3 is 9.80 Å². The number of rotatable bonds is 7. The third kappa shape index (κ3) is 4.17. The highest BCUT2D eigenvalue weighted by molar-refractivity contribution is 5.84. The molecule has 30 heavy (non-hydrogen) atoms. The Bertz CT molecular complexity index is 1030. The van der Waals surface area contributed by atoms with E-state index in [2.05, 4.69) is 32.1 Å². The topological polar surface area (TPSA) is 63.0 Å². The van der Waals surface area contributed by atoms with Crippen LogP contribution < -0.4 is 9.80 Å². The molecule has 0 saturated carbocycles. The molecule has 10 heteroatoms. The van der Waals surface area contributed by atoms with Gasteiger partial charge in [-0.1, -0.05) is 18.6 Å². The zero-order valence-corrected chi connectivity index (χ0v) is 17.8. The van der Waals surface area contributed by atoms with Gasteiger partial charge in [-0.3, -0.25) is 0 Å². The van der Waals surface area contributed by atoms with Crippen molar-refractivity contribution < 1.29 is 13.2 Å². The standard InChI is InChI=1S/C20H26F3N7/c1-6-8-11-29(7-2)18-17-19(25-13(3)24-18)30(27-26-17)16-10-9-14(28(4)5)12-15(16)20(21,22)23/h9-10,12H,6-8,11H2,1-5H3. The molecular formula is C20H26F3N7. The summed E-state index contributed by atoms with van der Waals surface area (Å²) in [6.45, 7) is 7.29. The minimum Gasteiger partial charge on any atom is -0.378 e. The zero-order chi connectivity index (χ0) is 22.1. The van der Waals surface area contributed by atoms with Crippen molar-refractivity contribution in [2.24, 2.45) is 0 Å². The number of unbranched alkanes of at least 4 members (excludes halogenated alkanes) is 1. The number of aryl methyl sites for hydroxylation is 1. The lowest BCUT2D eigenvalue weighted by atomic mass is 10.1. The molecule has 3 aromatic rings. The first kappa shape index (κ1) is 21.8. The van der Waals surface area contributed by atoms with Crippen molar-refractivity contribution >= 4 is 22.7 Å². The van der Waals surface area contributed by atoms with E-state index in [1.165, 1.54) is 6.07 Å².